The molecule has 154 valence electrons. The molecule has 1 amide bonds. The molecule has 0 N–H and O–H groups in total. The van der Waals surface area contributed by atoms with Crippen molar-refractivity contribution in [1.29, 1.82) is 0 Å². The van der Waals surface area contributed by atoms with Gasteiger partial charge in [0, 0.05) is 17.0 Å². The van der Waals surface area contributed by atoms with Gasteiger partial charge in [0.1, 0.15) is 10.7 Å². The Morgan fingerprint density at radius 2 is 1.74 bits per heavy atom. The van der Waals surface area contributed by atoms with Crippen LogP contribution in [0, 0.1) is 5.82 Å². The molecule has 2 heterocycles. The highest BCUT2D eigenvalue weighted by molar-refractivity contribution is 8.20. The molecule has 0 saturated carbocycles. The highest BCUT2D eigenvalue weighted by atomic mass is 35.5. The minimum absolute atomic E-state index is 0.195. The van der Waals surface area contributed by atoms with Crippen LogP contribution in [-0.4, -0.2) is 18.1 Å². The van der Waals surface area contributed by atoms with Crippen LogP contribution < -0.4 is 9.80 Å². The smallest absolute Gasteiger partial charge is 0.274 e. The summed E-state index contributed by atoms with van der Waals surface area (Å²) >= 11 is 8.98. The zero-order valence-corrected chi connectivity index (χ0v) is 18.6. The second kappa shape index (κ2) is 8.07. The van der Waals surface area contributed by atoms with Gasteiger partial charge in [-0.1, -0.05) is 41.6 Å². The fraction of sp³-hybridized carbons (Fsp3) is 0.0435. The monoisotopic (exact) mass is 467 g/mol. The predicted octanol–water partition coefficient (Wildman–Crippen LogP) is 6.66. The van der Waals surface area contributed by atoms with E-state index in [1.807, 2.05) is 48.3 Å². The van der Waals surface area contributed by atoms with Gasteiger partial charge in [0.05, 0.1) is 22.1 Å². The maximum Gasteiger partial charge on any atom is 0.274 e. The quantitative estimate of drug-likeness (QED) is 0.395. The van der Waals surface area contributed by atoms with Gasteiger partial charge in [-0.3, -0.25) is 9.69 Å². The van der Waals surface area contributed by atoms with E-state index in [-0.39, 0.29) is 11.7 Å². The Balaban J connectivity index is 1.62. The fourth-order valence-electron chi connectivity index (χ4n) is 3.35. The van der Waals surface area contributed by atoms with Crippen molar-refractivity contribution in [3.05, 3.63) is 93.6 Å². The summed E-state index contributed by atoms with van der Waals surface area (Å²) < 4.78 is 13.5. The number of carbonyl (C=O) groups is 1. The lowest BCUT2D eigenvalue weighted by Crippen LogP contribution is -2.29. The molecule has 0 aliphatic carbocycles. The maximum atomic E-state index is 13.5. The van der Waals surface area contributed by atoms with Gasteiger partial charge in [0.25, 0.3) is 5.91 Å². The zero-order valence-electron chi connectivity index (χ0n) is 16.3. The Hall–Kier alpha value is -2.74. The number of rotatable bonds is 2. The third kappa shape index (κ3) is 3.73. The number of nitrogens with zero attached hydrogens (tertiary/aromatic N) is 3. The molecule has 0 radical (unpaired) electrons. The van der Waals surface area contributed by atoms with E-state index in [0.29, 0.717) is 26.5 Å². The third-order valence-electron chi connectivity index (χ3n) is 4.83. The molecule has 3 aromatic rings. The van der Waals surface area contributed by atoms with Crippen molar-refractivity contribution < 1.29 is 9.18 Å². The number of para-hydroxylation sites is 1. The summed E-state index contributed by atoms with van der Waals surface area (Å²) in [7, 11) is 1.95. The summed E-state index contributed by atoms with van der Waals surface area (Å²) in [5.41, 5.74) is 2.24. The largest absolute Gasteiger partial charge is 0.337 e. The standard InChI is InChI=1S/C23H15ClFN3OS2/c1-27-18-7-2-3-8-19(18)30-22(27)20-21(29)28(17-11-9-15(25)10-12-17)23(31-20)26-16-6-4-5-14(24)13-16/h2-13H,1H3/b22-20-,26-23?. The summed E-state index contributed by atoms with van der Waals surface area (Å²) in [6, 6.07) is 21.0. The van der Waals surface area contributed by atoms with E-state index in [2.05, 4.69) is 4.99 Å². The van der Waals surface area contributed by atoms with Crippen LogP contribution in [0.5, 0.6) is 0 Å². The number of hydrogen-bond acceptors (Lipinski definition) is 5. The van der Waals surface area contributed by atoms with Crippen LogP contribution in [0.2, 0.25) is 5.02 Å². The molecule has 2 aliphatic rings. The number of amidine groups is 1. The molecule has 8 heteroatoms. The van der Waals surface area contributed by atoms with E-state index in [0.717, 1.165) is 15.6 Å². The Kier molecular flexibility index (Phi) is 5.25. The summed E-state index contributed by atoms with van der Waals surface area (Å²) in [5.74, 6) is -0.559. The minimum Gasteiger partial charge on any atom is -0.337 e. The number of fused-ring (bicyclic) bond motifs is 1. The Morgan fingerprint density at radius 3 is 2.48 bits per heavy atom. The van der Waals surface area contributed by atoms with Gasteiger partial charge >= 0.3 is 0 Å². The van der Waals surface area contributed by atoms with Crippen molar-refractivity contribution in [2.75, 3.05) is 16.8 Å². The first-order valence-electron chi connectivity index (χ1n) is 9.38. The molecular weight excluding hydrogens is 453 g/mol. The van der Waals surface area contributed by atoms with E-state index >= 15 is 0 Å². The molecule has 0 unspecified atom stereocenters. The number of thioether (sulfide) groups is 2. The van der Waals surface area contributed by atoms with E-state index in [9.17, 15) is 9.18 Å². The van der Waals surface area contributed by atoms with Crippen LogP contribution in [-0.2, 0) is 4.79 Å². The second-order valence-electron chi connectivity index (χ2n) is 6.86. The first-order valence-corrected chi connectivity index (χ1v) is 11.4. The first-order chi connectivity index (χ1) is 15.0. The molecule has 3 aromatic carbocycles. The van der Waals surface area contributed by atoms with Crippen LogP contribution >= 0.6 is 35.1 Å². The number of benzene rings is 3. The maximum absolute atomic E-state index is 13.5. The molecule has 0 aromatic heterocycles. The molecule has 1 fully saturated rings. The number of amides is 1. The zero-order chi connectivity index (χ0) is 21.5. The van der Waals surface area contributed by atoms with Crippen molar-refractivity contribution in [2.24, 2.45) is 4.99 Å². The lowest BCUT2D eigenvalue weighted by atomic mass is 10.2. The fourth-order valence-corrected chi connectivity index (χ4v) is 5.88. The summed E-state index contributed by atoms with van der Waals surface area (Å²) in [6.07, 6.45) is 0. The highest BCUT2D eigenvalue weighted by Gasteiger charge is 2.40. The molecule has 0 bridgehead atoms. The Labute approximate surface area is 192 Å². The third-order valence-corrected chi connectivity index (χ3v) is 7.46. The van der Waals surface area contributed by atoms with Crippen molar-refractivity contribution in [1.82, 2.24) is 0 Å². The first kappa shape index (κ1) is 20.2. The number of hydrogen-bond donors (Lipinski definition) is 0. The van der Waals surface area contributed by atoms with Crippen LogP contribution in [0.3, 0.4) is 0 Å². The lowest BCUT2D eigenvalue weighted by molar-refractivity contribution is -0.113. The highest BCUT2D eigenvalue weighted by Crippen LogP contribution is 2.50. The second-order valence-corrected chi connectivity index (χ2v) is 9.30. The topological polar surface area (TPSA) is 35.9 Å². The van der Waals surface area contributed by atoms with Gasteiger partial charge < -0.3 is 4.90 Å². The van der Waals surface area contributed by atoms with E-state index in [4.69, 9.17) is 11.6 Å². The molecule has 4 nitrogen and oxygen atoms in total. The van der Waals surface area contributed by atoms with Gasteiger partial charge in [-0.15, -0.1) is 0 Å². The molecule has 2 aliphatic heterocycles. The van der Waals surface area contributed by atoms with Crippen LogP contribution in [0.4, 0.5) is 21.5 Å². The van der Waals surface area contributed by atoms with Gasteiger partial charge in [0.2, 0.25) is 0 Å². The average molecular weight is 468 g/mol. The molecule has 0 atom stereocenters. The van der Waals surface area contributed by atoms with Gasteiger partial charge in [-0.05, 0) is 66.4 Å². The number of aliphatic imine (C=N–C) groups is 1. The van der Waals surface area contributed by atoms with Gasteiger partial charge in [0.15, 0.2) is 5.17 Å². The van der Waals surface area contributed by atoms with Gasteiger partial charge in [-0.25, -0.2) is 9.38 Å². The lowest BCUT2D eigenvalue weighted by Gasteiger charge is -2.16. The Bertz CT molecular complexity index is 1260. The Morgan fingerprint density at radius 1 is 0.968 bits per heavy atom. The van der Waals surface area contributed by atoms with Crippen LogP contribution in [0.15, 0.2) is 92.6 Å². The van der Waals surface area contributed by atoms with Crippen LogP contribution in [0.25, 0.3) is 0 Å². The molecule has 1 saturated heterocycles. The van der Waals surface area contributed by atoms with E-state index < -0.39 is 0 Å². The summed E-state index contributed by atoms with van der Waals surface area (Å²) in [4.78, 5) is 23.4. The van der Waals surface area contributed by atoms with Crippen molar-refractivity contribution in [3.8, 4) is 0 Å². The number of anilines is 2. The summed E-state index contributed by atoms with van der Waals surface area (Å²) in [5, 5.41) is 1.90. The van der Waals surface area contributed by atoms with Crippen molar-refractivity contribution >= 4 is 63.3 Å². The SMILES string of the molecule is CN1/C(=C2/SC(=Nc3cccc(Cl)c3)N(c3ccc(F)cc3)C2=O)Sc2ccccc21. The predicted molar refractivity (Wildman–Crippen MR) is 128 cm³/mol. The van der Waals surface area contributed by atoms with Crippen molar-refractivity contribution in [2.45, 2.75) is 4.90 Å². The van der Waals surface area contributed by atoms with Crippen molar-refractivity contribution in [3.63, 3.8) is 0 Å². The van der Waals surface area contributed by atoms with Crippen LogP contribution in [0.1, 0.15) is 0 Å². The summed E-state index contributed by atoms with van der Waals surface area (Å²) in [6.45, 7) is 0. The minimum atomic E-state index is -0.364. The van der Waals surface area contributed by atoms with E-state index in [1.165, 1.54) is 28.8 Å². The number of carbonyl (C=O) groups excluding carboxylic acids is 1. The average Bonchev–Trinajstić information content (AvgIpc) is 3.26. The van der Waals surface area contributed by atoms with E-state index in [1.54, 1.807) is 36.0 Å². The molecular formula is C23H15ClFN3OS2. The number of halogens is 2. The van der Waals surface area contributed by atoms with Gasteiger partial charge in [-0.2, -0.15) is 0 Å². The molecule has 31 heavy (non-hydrogen) atoms. The molecule has 0 spiro atoms. The normalized spacial score (nSPS) is 19.5. The molecule has 5 rings (SSSR count).